The second-order valence-corrected chi connectivity index (χ2v) is 6.47. The second kappa shape index (κ2) is 8.91. The highest BCUT2D eigenvalue weighted by Gasteiger charge is 2.13. The van der Waals surface area contributed by atoms with Crippen LogP contribution in [0.4, 0.5) is 0 Å². The monoisotopic (exact) mass is 318 g/mol. The van der Waals surface area contributed by atoms with Gasteiger partial charge in [-0.1, -0.05) is 11.8 Å². The summed E-state index contributed by atoms with van der Waals surface area (Å²) in [6, 6.07) is 1.61. The van der Waals surface area contributed by atoms with Crippen molar-refractivity contribution in [2.24, 2.45) is 0 Å². The predicted molar refractivity (Wildman–Crippen MR) is 79.5 cm³/mol. The van der Waals surface area contributed by atoms with E-state index < -0.39 is 0 Å². The Bertz CT molecular complexity index is 423. The minimum Gasteiger partial charge on any atom is -0.481 e. The van der Waals surface area contributed by atoms with Crippen molar-refractivity contribution in [3.8, 4) is 11.8 Å². The van der Waals surface area contributed by atoms with Gasteiger partial charge in [-0.3, -0.25) is 4.79 Å². The maximum atomic E-state index is 11.3. The summed E-state index contributed by atoms with van der Waals surface area (Å²) in [4.78, 5) is 19.7. The summed E-state index contributed by atoms with van der Waals surface area (Å²) >= 11 is 2.91. The van der Waals surface area contributed by atoms with Crippen molar-refractivity contribution >= 4 is 29.5 Å². The molecule has 0 amide bonds. The van der Waals surface area contributed by atoms with Crippen molar-refractivity contribution in [2.45, 2.75) is 23.6 Å². The number of methoxy groups -OCH3 is 2. The van der Waals surface area contributed by atoms with Gasteiger partial charge in [0.25, 0.3) is 0 Å². The normalized spacial score (nSPS) is 11.8. The fourth-order valence-electron chi connectivity index (χ4n) is 1.22. The number of thioether (sulfide) groups is 2. The van der Waals surface area contributed by atoms with Crippen molar-refractivity contribution in [3.05, 3.63) is 6.07 Å². The van der Waals surface area contributed by atoms with Crippen LogP contribution < -0.4 is 9.47 Å². The zero-order valence-corrected chi connectivity index (χ0v) is 13.5. The number of ether oxygens (including phenoxy) is 3. The smallest absolute Gasteiger partial charge is 0.315 e. The molecule has 0 N–H and O–H groups in total. The molecule has 1 atom stereocenters. The average Bonchev–Trinajstić information content (AvgIpc) is 2.45. The Morgan fingerprint density at radius 1 is 1.30 bits per heavy atom. The molecule has 0 aromatic carbocycles. The Labute approximate surface area is 127 Å². The van der Waals surface area contributed by atoms with Crippen molar-refractivity contribution in [3.63, 3.8) is 0 Å². The van der Waals surface area contributed by atoms with Gasteiger partial charge in [-0.2, -0.15) is 9.97 Å². The zero-order chi connectivity index (χ0) is 15.0. The summed E-state index contributed by atoms with van der Waals surface area (Å²) in [5.74, 6) is 0.987. The van der Waals surface area contributed by atoms with Gasteiger partial charge in [0.2, 0.25) is 11.8 Å². The molecule has 6 nitrogen and oxygen atoms in total. The van der Waals surface area contributed by atoms with Crippen LogP contribution in [0.2, 0.25) is 0 Å². The molecule has 112 valence electrons. The van der Waals surface area contributed by atoms with Crippen LogP contribution in [-0.4, -0.2) is 47.1 Å². The van der Waals surface area contributed by atoms with Gasteiger partial charge in [-0.15, -0.1) is 11.8 Å². The molecule has 0 aliphatic heterocycles. The molecule has 0 saturated heterocycles. The molecule has 1 aromatic heterocycles. The van der Waals surface area contributed by atoms with Crippen molar-refractivity contribution < 1.29 is 19.0 Å². The van der Waals surface area contributed by atoms with Gasteiger partial charge >= 0.3 is 5.97 Å². The van der Waals surface area contributed by atoms with E-state index in [2.05, 4.69) is 9.97 Å². The summed E-state index contributed by atoms with van der Waals surface area (Å²) in [6.45, 7) is 4.16. The van der Waals surface area contributed by atoms with Crippen LogP contribution in [0.1, 0.15) is 13.8 Å². The number of esters is 1. The van der Waals surface area contributed by atoms with E-state index in [1.807, 2.05) is 6.92 Å². The lowest BCUT2D eigenvalue weighted by molar-refractivity contribution is -0.139. The lowest BCUT2D eigenvalue weighted by Crippen LogP contribution is -2.08. The Morgan fingerprint density at radius 3 is 2.40 bits per heavy atom. The van der Waals surface area contributed by atoms with Crippen molar-refractivity contribution in [1.82, 2.24) is 9.97 Å². The maximum Gasteiger partial charge on any atom is 0.315 e. The summed E-state index contributed by atoms with van der Waals surface area (Å²) in [5, 5.41) is 0.546. The first-order chi connectivity index (χ1) is 9.58. The molecular weight excluding hydrogens is 300 g/mol. The molecule has 0 fully saturated rings. The Morgan fingerprint density at radius 2 is 1.90 bits per heavy atom. The van der Waals surface area contributed by atoms with Gasteiger partial charge in [0.1, 0.15) is 0 Å². The molecule has 1 unspecified atom stereocenters. The Kier molecular flexibility index (Phi) is 7.53. The molecule has 0 saturated carbocycles. The predicted octanol–water partition coefficient (Wildman–Crippen LogP) is 2.23. The van der Waals surface area contributed by atoms with Crippen LogP contribution in [0.5, 0.6) is 11.8 Å². The third-order valence-corrected chi connectivity index (χ3v) is 4.38. The van der Waals surface area contributed by atoms with E-state index in [9.17, 15) is 4.79 Å². The quantitative estimate of drug-likeness (QED) is 0.313. The molecule has 1 aromatic rings. The van der Waals surface area contributed by atoms with Crippen LogP contribution in [0, 0.1) is 0 Å². The van der Waals surface area contributed by atoms with Crippen molar-refractivity contribution in [2.75, 3.05) is 26.6 Å². The summed E-state index contributed by atoms with van der Waals surface area (Å²) in [6.07, 6.45) is 0. The Balaban J connectivity index is 2.56. The highest BCUT2D eigenvalue weighted by molar-refractivity contribution is 8.17. The summed E-state index contributed by atoms with van der Waals surface area (Å²) in [5.41, 5.74) is 0. The topological polar surface area (TPSA) is 70.5 Å². The number of nitrogens with zero attached hydrogens (tertiary/aromatic N) is 2. The largest absolute Gasteiger partial charge is 0.481 e. The molecule has 8 heteroatoms. The van der Waals surface area contributed by atoms with Gasteiger partial charge < -0.3 is 14.2 Å². The van der Waals surface area contributed by atoms with E-state index in [1.54, 1.807) is 13.0 Å². The minimum atomic E-state index is -0.214. The molecule has 0 aliphatic rings. The minimum absolute atomic E-state index is 0.108. The fraction of sp³-hybridized carbons (Fsp3) is 0.583. The van der Waals surface area contributed by atoms with Gasteiger partial charge in [0.15, 0.2) is 5.16 Å². The molecule has 0 radical (unpaired) electrons. The first kappa shape index (κ1) is 16.9. The second-order valence-electron chi connectivity index (χ2n) is 3.54. The molecule has 1 heterocycles. The zero-order valence-electron chi connectivity index (χ0n) is 11.9. The highest BCUT2D eigenvalue weighted by atomic mass is 32.2. The van der Waals surface area contributed by atoms with Crippen LogP contribution >= 0.6 is 23.5 Å². The number of rotatable bonds is 8. The number of aromatic nitrogens is 2. The summed E-state index contributed by atoms with van der Waals surface area (Å²) < 4.78 is 15.2. The number of hydrogen-bond acceptors (Lipinski definition) is 8. The average molecular weight is 318 g/mol. The van der Waals surface area contributed by atoms with E-state index >= 15 is 0 Å². The van der Waals surface area contributed by atoms with E-state index in [4.69, 9.17) is 14.2 Å². The third-order valence-electron chi connectivity index (χ3n) is 2.09. The van der Waals surface area contributed by atoms with Gasteiger partial charge in [-0.25, -0.2) is 0 Å². The van der Waals surface area contributed by atoms with E-state index in [0.29, 0.717) is 29.3 Å². The molecular formula is C12H18N2O4S2. The summed E-state index contributed by atoms with van der Waals surface area (Å²) in [7, 11) is 3.07. The van der Waals surface area contributed by atoms with Gasteiger partial charge in [0.05, 0.1) is 37.2 Å². The molecule has 0 spiro atoms. The molecule has 0 bridgehead atoms. The number of carbonyl (C=O) groups excluding carboxylic acids is 1. The van der Waals surface area contributed by atoms with Crippen LogP contribution in [0.25, 0.3) is 0 Å². The number of carbonyl (C=O) groups is 1. The third kappa shape index (κ3) is 5.87. The van der Waals surface area contributed by atoms with E-state index in [1.165, 1.54) is 37.7 Å². The molecule has 1 rings (SSSR count). The Hall–Kier alpha value is -1.15. The van der Waals surface area contributed by atoms with E-state index in [0.717, 1.165) is 0 Å². The van der Waals surface area contributed by atoms with E-state index in [-0.39, 0.29) is 10.6 Å². The first-order valence-electron chi connectivity index (χ1n) is 6.00. The lowest BCUT2D eigenvalue weighted by atomic mass is 10.6. The maximum absolute atomic E-state index is 11.3. The first-order valence-corrected chi connectivity index (χ1v) is 7.92. The standard InChI is InChI=1S/C12H18N2O4S2/c1-5-18-11(15)7-19-8(2)20-12-13-9(16-3)6-10(14-12)17-4/h6,8H,5,7H2,1-4H3. The van der Waals surface area contributed by atoms with Crippen LogP contribution in [0.15, 0.2) is 11.2 Å². The van der Waals surface area contributed by atoms with Gasteiger partial charge in [0, 0.05) is 0 Å². The van der Waals surface area contributed by atoms with Crippen molar-refractivity contribution in [1.29, 1.82) is 0 Å². The SMILES string of the molecule is CCOC(=O)CSC(C)Sc1nc(OC)cc(OC)n1. The fourth-order valence-corrected chi connectivity index (χ4v) is 2.99. The molecule has 0 aliphatic carbocycles. The van der Waals surface area contributed by atoms with Crippen LogP contribution in [-0.2, 0) is 9.53 Å². The molecule has 20 heavy (non-hydrogen) atoms. The number of hydrogen-bond donors (Lipinski definition) is 0. The van der Waals surface area contributed by atoms with Crippen LogP contribution in [0.3, 0.4) is 0 Å². The van der Waals surface area contributed by atoms with Gasteiger partial charge in [-0.05, 0) is 13.8 Å². The lowest BCUT2D eigenvalue weighted by Gasteiger charge is -2.10. The highest BCUT2D eigenvalue weighted by Crippen LogP contribution is 2.30.